The van der Waals surface area contributed by atoms with Crippen molar-refractivity contribution in [1.29, 1.82) is 0 Å². The fraction of sp³-hybridized carbons (Fsp3) is 0.0714. The number of halogens is 1. The van der Waals surface area contributed by atoms with Crippen molar-refractivity contribution >= 4 is 17.3 Å². The van der Waals surface area contributed by atoms with Gasteiger partial charge in [-0.3, -0.25) is 0 Å². The van der Waals surface area contributed by atoms with Gasteiger partial charge in [0.25, 0.3) is 0 Å². The van der Waals surface area contributed by atoms with E-state index in [1.165, 1.54) is 6.07 Å². The van der Waals surface area contributed by atoms with E-state index in [1.54, 1.807) is 12.1 Å². The number of benzene rings is 2. The molecule has 0 saturated heterocycles. The van der Waals surface area contributed by atoms with Crippen molar-refractivity contribution < 1.29 is 14.3 Å². The van der Waals surface area contributed by atoms with E-state index >= 15 is 0 Å². The molecule has 0 aliphatic heterocycles. The molecule has 0 radical (unpaired) electrons. The maximum Gasteiger partial charge on any atom is 0.340 e. The van der Waals surface area contributed by atoms with Crippen molar-refractivity contribution in [2.75, 3.05) is 11.5 Å². The highest BCUT2D eigenvalue weighted by atomic mass is 19.1. The van der Waals surface area contributed by atoms with Gasteiger partial charge >= 0.3 is 5.97 Å². The van der Waals surface area contributed by atoms with Crippen LogP contribution >= 0.6 is 0 Å². The lowest BCUT2D eigenvalue weighted by Crippen LogP contribution is -2.06. The number of aryl methyl sites for hydroxylation is 1. The number of carboxylic acid groups (broad SMARTS) is 1. The van der Waals surface area contributed by atoms with Gasteiger partial charge in [-0.2, -0.15) is 0 Å². The van der Waals surface area contributed by atoms with Crippen molar-refractivity contribution in [2.24, 2.45) is 0 Å². The first-order chi connectivity index (χ1) is 8.90. The number of aromatic carboxylic acids is 1. The summed E-state index contributed by atoms with van der Waals surface area (Å²) in [6.45, 7) is 1.86. The van der Waals surface area contributed by atoms with Gasteiger partial charge < -0.3 is 16.6 Å². The van der Waals surface area contributed by atoms with Gasteiger partial charge in [-0.1, -0.05) is 6.07 Å². The molecule has 0 aliphatic carbocycles. The molecular formula is C14H13FN2O2. The molecule has 0 saturated carbocycles. The fourth-order valence-corrected chi connectivity index (χ4v) is 1.96. The molecule has 5 N–H and O–H groups in total. The van der Waals surface area contributed by atoms with Crippen molar-refractivity contribution in [3.63, 3.8) is 0 Å². The Kier molecular flexibility index (Phi) is 3.12. The minimum Gasteiger partial charge on any atom is -0.478 e. The third-order valence-electron chi connectivity index (χ3n) is 2.91. The summed E-state index contributed by atoms with van der Waals surface area (Å²) in [5.74, 6) is -2.24. The van der Waals surface area contributed by atoms with E-state index < -0.39 is 17.3 Å². The number of hydrogen-bond donors (Lipinski definition) is 3. The van der Waals surface area contributed by atoms with E-state index in [0.717, 1.165) is 17.2 Å². The summed E-state index contributed by atoms with van der Waals surface area (Å²) < 4.78 is 13.8. The van der Waals surface area contributed by atoms with Crippen LogP contribution in [0.4, 0.5) is 15.8 Å². The summed E-state index contributed by atoms with van der Waals surface area (Å²) in [6, 6.07) is 7.84. The predicted molar refractivity (Wildman–Crippen MR) is 72.4 cm³/mol. The molecule has 0 amide bonds. The van der Waals surface area contributed by atoms with Gasteiger partial charge in [0.15, 0.2) is 0 Å². The second-order valence-electron chi connectivity index (χ2n) is 4.30. The minimum atomic E-state index is -1.38. The highest BCUT2D eigenvalue weighted by Gasteiger charge is 2.16. The molecule has 19 heavy (non-hydrogen) atoms. The van der Waals surface area contributed by atoms with Gasteiger partial charge in [0.05, 0.1) is 0 Å². The lowest BCUT2D eigenvalue weighted by atomic mass is 9.97. The Hall–Kier alpha value is -2.56. The third kappa shape index (κ3) is 2.35. The minimum absolute atomic E-state index is 0.107. The molecule has 0 heterocycles. The highest BCUT2D eigenvalue weighted by molar-refractivity contribution is 5.95. The van der Waals surface area contributed by atoms with E-state index in [1.807, 2.05) is 13.0 Å². The number of rotatable bonds is 2. The number of anilines is 2. The molecule has 2 aromatic carbocycles. The van der Waals surface area contributed by atoms with E-state index in [-0.39, 0.29) is 5.69 Å². The molecule has 5 heteroatoms. The van der Waals surface area contributed by atoms with Gasteiger partial charge in [-0.25, -0.2) is 9.18 Å². The summed E-state index contributed by atoms with van der Waals surface area (Å²) in [4.78, 5) is 10.9. The Balaban J connectivity index is 2.65. The van der Waals surface area contributed by atoms with Gasteiger partial charge in [-0.05, 0) is 47.9 Å². The topological polar surface area (TPSA) is 89.3 Å². The molecule has 2 rings (SSSR count). The standard InChI is InChI=1S/C14H13FN2O2/c1-7-2-3-9(16)6-10(7)8-4-11(15)13(14(18)19)12(17)5-8/h2-6H,16-17H2,1H3,(H,18,19). The molecule has 0 atom stereocenters. The zero-order chi connectivity index (χ0) is 14.2. The van der Waals surface area contributed by atoms with Gasteiger partial charge in [0, 0.05) is 11.4 Å². The number of carboxylic acids is 1. The molecular weight excluding hydrogens is 247 g/mol. The second-order valence-corrected chi connectivity index (χ2v) is 4.30. The maximum absolute atomic E-state index is 13.8. The van der Waals surface area contributed by atoms with Crippen LogP contribution in [-0.4, -0.2) is 11.1 Å². The van der Waals surface area contributed by atoms with Gasteiger partial charge in [-0.15, -0.1) is 0 Å². The van der Waals surface area contributed by atoms with Crippen LogP contribution in [0.2, 0.25) is 0 Å². The zero-order valence-corrected chi connectivity index (χ0v) is 10.3. The van der Waals surface area contributed by atoms with Crippen LogP contribution in [0.15, 0.2) is 30.3 Å². The van der Waals surface area contributed by atoms with Crippen LogP contribution in [0, 0.1) is 12.7 Å². The van der Waals surface area contributed by atoms with Crippen LogP contribution in [0.25, 0.3) is 11.1 Å². The lowest BCUT2D eigenvalue weighted by molar-refractivity contribution is 0.0693. The van der Waals surface area contributed by atoms with E-state index in [4.69, 9.17) is 16.6 Å². The van der Waals surface area contributed by atoms with Crippen molar-refractivity contribution in [3.8, 4) is 11.1 Å². The highest BCUT2D eigenvalue weighted by Crippen LogP contribution is 2.30. The van der Waals surface area contributed by atoms with Crippen molar-refractivity contribution in [2.45, 2.75) is 6.92 Å². The number of carbonyl (C=O) groups is 1. The summed E-state index contributed by atoms with van der Waals surface area (Å²) in [5, 5.41) is 8.87. The Labute approximate surface area is 109 Å². The number of nitrogens with two attached hydrogens (primary N) is 2. The van der Waals surface area contributed by atoms with E-state index in [2.05, 4.69) is 0 Å². The van der Waals surface area contributed by atoms with Crippen LogP contribution < -0.4 is 11.5 Å². The maximum atomic E-state index is 13.8. The van der Waals surface area contributed by atoms with Crippen LogP contribution in [0.3, 0.4) is 0 Å². The molecule has 0 spiro atoms. The molecule has 98 valence electrons. The van der Waals surface area contributed by atoms with Crippen LogP contribution in [0.5, 0.6) is 0 Å². The molecule has 4 nitrogen and oxygen atoms in total. The van der Waals surface area contributed by atoms with Crippen LogP contribution in [0.1, 0.15) is 15.9 Å². The Bertz CT molecular complexity index is 645. The molecule has 0 unspecified atom stereocenters. The molecule has 2 aromatic rings. The average molecular weight is 260 g/mol. The molecule has 0 bridgehead atoms. The van der Waals surface area contributed by atoms with Crippen LogP contribution in [-0.2, 0) is 0 Å². The van der Waals surface area contributed by atoms with Gasteiger partial charge in [0.2, 0.25) is 0 Å². The Morgan fingerprint density at radius 3 is 2.47 bits per heavy atom. The first-order valence-electron chi connectivity index (χ1n) is 5.59. The van der Waals surface area contributed by atoms with Gasteiger partial charge in [0.1, 0.15) is 11.4 Å². The monoisotopic (exact) mass is 260 g/mol. The summed E-state index contributed by atoms with van der Waals surface area (Å²) in [7, 11) is 0. The van der Waals surface area contributed by atoms with Crippen molar-refractivity contribution in [3.05, 3.63) is 47.3 Å². The van der Waals surface area contributed by atoms with Crippen molar-refractivity contribution in [1.82, 2.24) is 0 Å². The first-order valence-corrected chi connectivity index (χ1v) is 5.59. The first kappa shape index (κ1) is 12.9. The number of hydrogen-bond acceptors (Lipinski definition) is 3. The normalized spacial score (nSPS) is 10.4. The average Bonchev–Trinajstić information content (AvgIpc) is 2.30. The quantitative estimate of drug-likeness (QED) is 0.724. The molecule has 0 aromatic heterocycles. The Morgan fingerprint density at radius 1 is 1.21 bits per heavy atom. The smallest absolute Gasteiger partial charge is 0.340 e. The summed E-state index contributed by atoms with van der Waals surface area (Å²) >= 11 is 0. The summed E-state index contributed by atoms with van der Waals surface area (Å²) in [5.41, 5.74) is 13.4. The summed E-state index contributed by atoms with van der Waals surface area (Å²) in [6.07, 6.45) is 0. The zero-order valence-electron chi connectivity index (χ0n) is 10.3. The number of nitrogen functional groups attached to an aromatic ring is 2. The van der Waals surface area contributed by atoms with E-state index in [0.29, 0.717) is 11.3 Å². The van der Waals surface area contributed by atoms with E-state index in [9.17, 15) is 9.18 Å². The Morgan fingerprint density at radius 2 is 1.89 bits per heavy atom. The second kappa shape index (κ2) is 4.61. The largest absolute Gasteiger partial charge is 0.478 e. The lowest BCUT2D eigenvalue weighted by Gasteiger charge is -2.10. The molecule has 0 aliphatic rings. The third-order valence-corrected chi connectivity index (χ3v) is 2.91. The molecule has 0 fully saturated rings. The predicted octanol–water partition coefficient (Wildman–Crippen LogP) is 2.66. The fourth-order valence-electron chi connectivity index (χ4n) is 1.96. The SMILES string of the molecule is Cc1ccc(N)cc1-c1cc(N)c(C(=O)O)c(F)c1.